The summed E-state index contributed by atoms with van der Waals surface area (Å²) in [5.41, 5.74) is 0.683. The number of nitrogens with one attached hydrogen (secondary N) is 2. The summed E-state index contributed by atoms with van der Waals surface area (Å²) in [6.45, 7) is 7.57. The van der Waals surface area contributed by atoms with Crippen molar-refractivity contribution >= 4 is 35.1 Å². The van der Waals surface area contributed by atoms with Gasteiger partial charge in [0, 0.05) is 18.1 Å². The molecular formula is C17H30N2O4S. The first-order valence-electron chi connectivity index (χ1n) is 8.33. The molecule has 0 saturated carbocycles. The van der Waals surface area contributed by atoms with Crippen LogP contribution in [0.25, 0.3) is 0 Å². The Morgan fingerprint density at radius 1 is 1.12 bits per heavy atom. The van der Waals surface area contributed by atoms with Gasteiger partial charge >= 0.3 is 5.97 Å². The molecule has 6 nitrogen and oxygen atoms in total. The number of carboxylic acid groups (broad SMARTS) is 1. The number of carboxylic acids is 1. The number of hydrogen-bond acceptors (Lipinski definition) is 5. The van der Waals surface area contributed by atoms with E-state index in [4.69, 9.17) is 5.41 Å². The number of amides is 1. The highest BCUT2D eigenvalue weighted by Crippen LogP contribution is 2.18. The average molecular weight is 359 g/mol. The number of rotatable bonds is 13. The van der Waals surface area contributed by atoms with E-state index >= 15 is 0 Å². The smallest absolute Gasteiger partial charge is 0.317 e. The fraction of sp³-hybridized carbons (Fsp3) is 0.765. The van der Waals surface area contributed by atoms with Gasteiger partial charge in [-0.25, -0.2) is 0 Å². The highest BCUT2D eigenvalue weighted by Gasteiger charge is 2.22. The first-order valence-corrected chi connectivity index (χ1v) is 9.38. The van der Waals surface area contributed by atoms with Crippen LogP contribution in [-0.2, 0) is 14.4 Å². The van der Waals surface area contributed by atoms with E-state index in [1.165, 1.54) is 11.8 Å². The molecule has 0 radical (unpaired) electrons. The number of carbonyl (C=O) groups is 3. The summed E-state index contributed by atoms with van der Waals surface area (Å²) in [5, 5.41) is 18.7. The summed E-state index contributed by atoms with van der Waals surface area (Å²) in [6.07, 6.45) is 2.01. The maximum Gasteiger partial charge on any atom is 0.317 e. The van der Waals surface area contributed by atoms with Crippen LogP contribution in [0.2, 0.25) is 0 Å². The highest BCUT2D eigenvalue weighted by atomic mass is 32.2. The largest absolute Gasteiger partial charge is 0.480 e. The zero-order chi connectivity index (χ0) is 18.7. The summed E-state index contributed by atoms with van der Waals surface area (Å²) in [6, 6.07) is 0. The molecule has 0 aromatic rings. The second kappa shape index (κ2) is 12.1. The predicted molar refractivity (Wildman–Crippen MR) is 97.8 cm³/mol. The Kier molecular flexibility index (Phi) is 11.4. The maximum absolute atomic E-state index is 11.8. The topological polar surface area (TPSA) is 107 Å². The summed E-state index contributed by atoms with van der Waals surface area (Å²) in [7, 11) is 0. The summed E-state index contributed by atoms with van der Waals surface area (Å²) < 4.78 is 0. The van der Waals surface area contributed by atoms with Crippen molar-refractivity contribution in [2.45, 2.75) is 58.6 Å². The molecule has 0 aromatic carbocycles. The van der Waals surface area contributed by atoms with E-state index in [0.717, 1.165) is 12.8 Å². The lowest BCUT2D eigenvalue weighted by Gasteiger charge is -2.13. The molecule has 0 saturated heterocycles. The zero-order valence-corrected chi connectivity index (χ0v) is 15.9. The molecule has 1 amide bonds. The van der Waals surface area contributed by atoms with Gasteiger partial charge in [-0.05, 0) is 30.9 Å². The van der Waals surface area contributed by atoms with Gasteiger partial charge in [-0.2, -0.15) is 0 Å². The maximum atomic E-state index is 11.8. The molecule has 0 aliphatic carbocycles. The number of ketones is 1. The van der Waals surface area contributed by atoms with Crippen molar-refractivity contribution in [3.63, 3.8) is 0 Å². The van der Waals surface area contributed by atoms with Crippen molar-refractivity contribution in [3.8, 4) is 0 Å². The summed E-state index contributed by atoms with van der Waals surface area (Å²) in [4.78, 5) is 34.5. The fourth-order valence-corrected chi connectivity index (χ4v) is 2.96. The third-order valence-corrected chi connectivity index (χ3v) is 4.64. The van der Waals surface area contributed by atoms with E-state index in [1.807, 2.05) is 0 Å². The van der Waals surface area contributed by atoms with E-state index in [-0.39, 0.29) is 24.7 Å². The normalized spacial score (nSPS) is 12.2. The van der Waals surface area contributed by atoms with Crippen LogP contribution in [0.1, 0.15) is 53.4 Å². The molecule has 3 N–H and O–H groups in total. The van der Waals surface area contributed by atoms with Crippen LogP contribution < -0.4 is 5.32 Å². The molecule has 0 rings (SSSR count). The van der Waals surface area contributed by atoms with Gasteiger partial charge in [0.1, 0.15) is 5.25 Å². The van der Waals surface area contributed by atoms with E-state index in [1.54, 1.807) is 13.8 Å². The fourth-order valence-electron chi connectivity index (χ4n) is 1.95. The lowest BCUT2D eigenvalue weighted by atomic mass is 10.0. The van der Waals surface area contributed by atoms with Crippen LogP contribution in [-0.4, -0.2) is 46.0 Å². The van der Waals surface area contributed by atoms with Crippen LogP contribution >= 0.6 is 11.8 Å². The lowest BCUT2D eigenvalue weighted by Crippen LogP contribution is -2.34. The van der Waals surface area contributed by atoms with Crippen molar-refractivity contribution in [2.24, 2.45) is 11.8 Å². The Hall–Kier alpha value is -1.37. The molecule has 1 unspecified atom stereocenters. The van der Waals surface area contributed by atoms with E-state index in [9.17, 15) is 19.5 Å². The molecule has 0 aromatic heterocycles. The molecule has 0 aliphatic heterocycles. The Bertz CT molecular complexity index is 450. The van der Waals surface area contributed by atoms with Crippen LogP contribution in [0, 0.1) is 17.2 Å². The predicted octanol–water partition coefficient (Wildman–Crippen LogP) is 2.75. The van der Waals surface area contributed by atoms with Gasteiger partial charge < -0.3 is 15.8 Å². The third kappa shape index (κ3) is 11.2. The molecule has 138 valence electrons. The third-order valence-electron chi connectivity index (χ3n) is 3.35. The van der Waals surface area contributed by atoms with E-state index in [2.05, 4.69) is 19.2 Å². The second-order valence-corrected chi connectivity index (χ2v) is 7.92. The van der Waals surface area contributed by atoms with Crippen LogP contribution in [0.5, 0.6) is 0 Å². The minimum absolute atomic E-state index is 0.0557. The monoisotopic (exact) mass is 358 g/mol. The number of aliphatic carboxylic acids is 1. The van der Waals surface area contributed by atoms with Gasteiger partial charge in [0.2, 0.25) is 5.91 Å². The van der Waals surface area contributed by atoms with Gasteiger partial charge in [-0.3, -0.25) is 14.4 Å². The molecule has 0 aliphatic rings. The first kappa shape index (κ1) is 22.6. The minimum atomic E-state index is -1.03. The zero-order valence-electron chi connectivity index (χ0n) is 15.1. The Balaban J connectivity index is 4.13. The number of hydrogen-bond donors (Lipinski definition) is 3. The standard InChI is InChI=1S/C17H30N2O4S/c1-11(2)8-13(18)6-5-7-24-15(17(22)23)9-16(21)19-10-14(20)12(3)4/h11-12,15,18H,5-10H2,1-4H3,(H,19,21)(H,22,23). The molecule has 0 spiro atoms. The Morgan fingerprint density at radius 3 is 2.25 bits per heavy atom. The van der Waals surface area contributed by atoms with Gasteiger partial charge in [-0.1, -0.05) is 27.7 Å². The van der Waals surface area contributed by atoms with Crippen LogP contribution in [0.3, 0.4) is 0 Å². The van der Waals surface area contributed by atoms with Crippen molar-refractivity contribution in [3.05, 3.63) is 0 Å². The second-order valence-electron chi connectivity index (χ2n) is 6.60. The van der Waals surface area contributed by atoms with Gasteiger partial charge in [0.05, 0.1) is 6.54 Å². The molecule has 1 atom stereocenters. The van der Waals surface area contributed by atoms with Crippen molar-refractivity contribution < 1.29 is 19.5 Å². The molecule has 24 heavy (non-hydrogen) atoms. The lowest BCUT2D eigenvalue weighted by molar-refractivity contribution is -0.138. The van der Waals surface area contributed by atoms with Gasteiger partial charge in [0.25, 0.3) is 0 Å². The molecule has 0 fully saturated rings. The molecular weight excluding hydrogens is 328 g/mol. The molecule has 7 heteroatoms. The average Bonchev–Trinajstić information content (AvgIpc) is 2.46. The van der Waals surface area contributed by atoms with E-state index < -0.39 is 17.1 Å². The first-order chi connectivity index (χ1) is 11.1. The molecule has 0 bridgehead atoms. The van der Waals surface area contributed by atoms with Crippen molar-refractivity contribution in [2.75, 3.05) is 12.3 Å². The summed E-state index contributed by atoms with van der Waals surface area (Å²) >= 11 is 1.22. The quantitative estimate of drug-likeness (QED) is 0.347. The number of carbonyl (C=O) groups excluding carboxylic acids is 2. The number of Topliss-reactive ketones (excluding diaryl/α,β-unsaturated/α-hetero) is 1. The summed E-state index contributed by atoms with van der Waals surface area (Å²) in [5.74, 6) is -0.633. The van der Waals surface area contributed by atoms with Crippen LogP contribution in [0.15, 0.2) is 0 Å². The number of thioether (sulfide) groups is 1. The van der Waals surface area contributed by atoms with Crippen molar-refractivity contribution in [1.82, 2.24) is 5.32 Å². The Morgan fingerprint density at radius 2 is 1.75 bits per heavy atom. The van der Waals surface area contributed by atoms with Gasteiger partial charge in [-0.15, -0.1) is 11.8 Å². The SMILES string of the molecule is CC(C)CC(=N)CCCSC(CC(=O)NCC(=O)C(C)C)C(=O)O. The minimum Gasteiger partial charge on any atom is -0.480 e. The highest BCUT2D eigenvalue weighted by molar-refractivity contribution is 8.00. The molecule has 0 heterocycles. The Labute approximate surface area is 148 Å². The van der Waals surface area contributed by atoms with Gasteiger partial charge in [0.15, 0.2) is 5.78 Å². The van der Waals surface area contributed by atoms with E-state index in [0.29, 0.717) is 23.8 Å². The van der Waals surface area contributed by atoms with Crippen molar-refractivity contribution in [1.29, 1.82) is 5.41 Å². The van der Waals surface area contributed by atoms with Crippen LogP contribution in [0.4, 0.5) is 0 Å².